The third-order valence-electron chi connectivity index (χ3n) is 5.16. The van der Waals surface area contributed by atoms with E-state index in [0.717, 1.165) is 5.56 Å². The summed E-state index contributed by atoms with van der Waals surface area (Å²) in [4.78, 5) is 27.2. The first-order chi connectivity index (χ1) is 11.4. The largest absolute Gasteiger partial charge is 0.375 e. The monoisotopic (exact) mass is 332 g/mol. The van der Waals surface area contributed by atoms with Gasteiger partial charge in [0.1, 0.15) is 11.1 Å². The summed E-state index contributed by atoms with van der Waals surface area (Å²) in [6, 6.07) is 9.91. The van der Waals surface area contributed by atoms with Gasteiger partial charge < -0.3 is 15.0 Å². The summed E-state index contributed by atoms with van der Waals surface area (Å²) in [6.45, 7) is 8.79. The lowest BCUT2D eigenvalue weighted by molar-refractivity contribution is -0.163. The molecule has 1 aliphatic heterocycles. The predicted octanol–water partition coefficient (Wildman–Crippen LogP) is 2.50. The first-order valence-corrected chi connectivity index (χ1v) is 8.63. The van der Waals surface area contributed by atoms with Crippen LogP contribution in [0.2, 0.25) is 0 Å². The van der Waals surface area contributed by atoms with E-state index in [0.29, 0.717) is 32.6 Å². The van der Waals surface area contributed by atoms with E-state index in [1.54, 1.807) is 11.8 Å². The van der Waals surface area contributed by atoms with Crippen molar-refractivity contribution >= 4 is 11.8 Å². The maximum Gasteiger partial charge on any atom is 0.248 e. The average molecular weight is 332 g/mol. The SMILES string of the molecule is CCC1(C)NC(=O)C(C)(CC)N(CCOCc2ccccc2)C1=O. The molecule has 132 valence electrons. The van der Waals surface area contributed by atoms with Crippen molar-refractivity contribution in [2.75, 3.05) is 13.2 Å². The zero-order valence-corrected chi connectivity index (χ0v) is 15.1. The molecule has 1 heterocycles. The van der Waals surface area contributed by atoms with Crippen LogP contribution in [0.25, 0.3) is 0 Å². The summed E-state index contributed by atoms with van der Waals surface area (Å²) >= 11 is 0. The molecule has 1 aliphatic rings. The summed E-state index contributed by atoms with van der Waals surface area (Å²) < 4.78 is 5.72. The molecule has 1 aromatic rings. The Morgan fingerprint density at radius 1 is 1.08 bits per heavy atom. The van der Waals surface area contributed by atoms with Crippen molar-refractivity contribution in [1.82, 2.24) is 10.2 Å². The highest BCUT2D eigenvalue weighted by molar-refractivity contribution is 6.01. The van der Waals surface area contributed by atoms with Crippen LogP contribution >= 0.6 is 0 Å². The maximum atomic E-state index is 12.9. The van der Waals surface area contributed by atoms with Crippen LogP contribution in [0.5, 0.6) is 0 Å². The molecule has 2 rings (SSSR count). The van der Waals surface area contributed by atoms with E-state index >= 15 is 0 Å². The summed E-state index contributed by atoms with van der Waals surface area (Å²) in [5.41, 5.74) is -0.551. The van der Waals surface area contributed by atoms with Crippen LogP contribution in [0.3, 0.4) is 0 Å². The van der Waals surface area contributed by atoms with Gasteiger partial charge in [0.25, 0.3) is 0 Å². The summed E-state index contributed by atoms with van der Waals surface area (Å²) in [7, 11) is 0. The van der Waals surface area contributed by atoms with E-state index in [1.165, 1.54) is 0 Å². The molecule has 1 fully saturated rings. The molecule has 2 atom stereocenters. The van der Waals surface area contributed by atoms with Gasteiger partial charge in [0, 0.05) is 6.54 Å². The molecule has 24 heavy (non-hydrogen) atoms. The molecule has 2 amide bonds. The van der Waals surface area contributed by atoms with Crippen LogP contribution < -0.4 is 5.32 Å². The zero-order chi connectivity index (χ0) is 17.8. The molecule has 1 saturated heterocycles. The van der Waals surface area contributed by atoms with Crippen molar-refractivity contribution in [1.29, 1.82) is 0 Å². The van der Waals surface area contributed by atoms with Crippen molar-refractivity contribution in [3.8, 4) is 0 Å². The number of ether oxygens (including phenoxy) is 1. The molecular weight excluding hydrogens is 304 g/mol. The molecule has 1 N–H and O–H groups in total. The normalized spacial score (nSPS) is 27.2. The maximum absolute atomic E-state index is 12.9. The molecular formula is C19H28N2O3. The number of rotatable bonds is 7. The van der Waals surface area contributed by atoms with Gasteiger partial charge in [-0.25, -0.2) is 0 Å². The summed E-state index contributed by atoms with van der Waals surface area (Å²) in [5, 5.41) is 2.91. The van der Waals surface area contributed by atoms with Gasteiger partial charge >= 0.3 is 0 Å². The van der Waals surface area contributed by atoms with Crippen molar-refractivity contribution in [3.05, 3.63) is 35.9 Å². The second-order valence-electron chi connectivity index (χ2n) is 6.76. The lowest BCUT2D eigenvalue weighted by atomic mass is 9.84. The van der Waals surface area contributed by atoms with E-state index in [-0.39, 0.29) is 11.8 Å². The van der Waals surface area contributed by atoms with Gasteiger partial charge in [-0.05, 0) is 32.3 Å². The first kappa shape index (κ1) is 18.5. The Bertz CT molecular complexity index is 590. The molecule has 0 bridgehead atoms. The second-order valence-corrected chi connectivity index (χ2v) is 6.76. The number of hydrogen-bond acceptors (Lipinski definition) is 3. The highest BCUT2D eigenvalue weighted by Gasteiger charge is 2.52. The van der Waals surface area contributed by atoms with Crippen LogP contribution in [0, 0.1) is 0 Å². The highest BCUT2D eigenvalue weighted by Crippen LogP contribution is 2.30. The third kappa shape index (κ3) is 3.46. The van der Waals surface area contributed by atoms with Crippen molar-refractivity contribution in [2.24, 2.45) is 0 Å². The fraction of sp³-hybridized carbons (Fsp3) is 0.579. The van der Waals surface area contributed by atoms with Crippen LogP contribution in [0.15, 0.2) is 30.3 Å². The highest BCUT2D eigenvalue weighted by atomic mass is 16.5. The number of nitrogens with zero attached hydrogens (tertiary/aromatic N) is 1. The van der Waals surface area contributed by atoms with E-state index in [1.807, 2.05) is 51.1 Å². The Morgan fingerprint density at radius 3 is 2.33 bits per heavy atom. The van der Waals surface area contributed by atoms with Crippen molar-refractivity contribution in [3.63, 3.8) is 0 Å². The lowest BCUT2D eigenvalue weighted by Gasteiger charge is -2.49. The molecule has 0 spiro atoms. The van der Waals surface area contributed by atoms with E-state index in [2.05, 4.69) is 5.32 Å². The minimum atomic E-state index is -0.828. The van der Waals surface area contributed by atoms with Crippen LogP contribution in [-0.4, -0.2) is 40.9 Å². The Balaban J connectivity index is 2.03. The van der Waals surface area contributed by atoms with Crippen LogP contribution in [0.1, 0.15) is 46.1 Å². The number of piperazine rings is 1. The molecule has 2 unspecified atom stereocenters. The van der Waals surface area contributed by atoms with Gasteiger partial charge in [0.2, 0.25) is 11.8 Å². The minimum absolute atomic E-state index is 0.0303. The van der Waals surface area contributed by atoms with Crippen LogP contribution in [-0.2, 0) is 20.9 Å². The number of hydrogen-bond donors (Lipinski definition) is 1. The predicted molar refractivity (Wildman–Crippen MR) is 93.3 cm³/mol. The first-order valence-electron chi connectivity index (χ1n) is 8.63. The molecule has 0 aromatic heterocycles. The van der Waals surface area contributed by atoms with E-state index < -0.39 is 11.1 Å². The number of nitrogens with one attached hydrogen (secondary N) is 1. The van der Waals surface area contributed by atoms with Gasteiger partial charge in [0.15, 0.2) is 0 Å². The molecule has 5 nitrogen and oxygen atoms in total. The van der Waals surface area contributed by atoms with Crippen molar-refractivity contribution < 1.29 is 14.3 Å². The number of carbonyl (C=O) groups is 2. The third-order valence-corrected chi connectivity index (χ3v) is 5.16. The summed E-state index contributed by atoms with van der Waals surface area (Å²) in [5.74, 6) is -0.116. The van der Waals surface area contributed by atoms with Gasteiger partial charge in [-0.1, -0.05) is 44.2 Å². The molecule has 1 aromatic carbocycles. The molecule has 0 saturated carbocycles. The Morgan fingerprint density at radius 2 is 1.75 bits per heavy atom. The number of carbonyl (C=O) groups excluding carboxylic acids is 2. The van der Waals surface area contributed by atoms with Crippen molar-refractivity contribution in [2.45, 2.75) is 58.2 Å². The lowest BCUT2D eigenvalue weighted by Crippen LogP contribution is -2.74. The molecule has 0 radical (unpaired) electrons. The Labute approximate surface area is 144 Å². The number of benzene rings is 1. The standard InChI is InChI=1S/C19H28N2O3/c1-5-18(3)17(23)21(19(4,6-2)16(22)20-18)12-13-24-14-15-10-8-7-9-11-15/h7-11H,5-6,12-14H2,1-4H3,(H,20,22). The van der Waals surface area contributed by atoms with Gasteiger partial charge in [-0.15, -0.1) is 0 Å². The Kier molecular flexibility index (Phi) is 5.65. The second kappa shape index (κ2) is 7.34. The number of amides is 2. The van der Waals surface area contributed by atoms with E-state index in [9.17, 15) is 9.59 Å². The fourth-order valence-electron chi connectivity index (χ4n) is 2.94. The molecule has 5 heteroatoms. The van der Waals surface area contributed by atoms with Gasteiger partial charge in [0.05, 0.1) is 13.2 Å². The quantitative estimate of drug-likeness (QED) is 0.781. The van der Waals surface area contributed by atoms with E-state index in [4.69, 9.17) is 4.74 Å². The molecule has 0 aliphatic carbocycles. The van der Waals surface area contributed by atoms with Gasteiger partial charge in [-0.3, -0.25) is 9.59 Å². The minimum Gasteiger partial charge on any atom is -0.375 e. The Hall–Kier alpha value is -1.88. The van der Waals surface area contributed by atoms with Crippen LogP contribution in [0.4, 0.5) is 0 Å². The fourth-order valence-corrected chi connectivity index (χ4v) is 2.94. The zero-order valence-electron chi connectivity index (χ0n) is 15.1. The topological polar surface area (TPSA) is 58.6 Å². The smallest absolute Gasteiger partial charge is 0.248 e. The summed E-state index contributed by atoms with van der Waals surface area (Å²) in [6.07, 6.45) is 1.14. The average Bonchev–Trinajstić information content (AvgIpc) is 2.60. The van der Waals surface area contributed by atoms with Gasteiger partial charge in [-0.2, -0.15) is 0 Å².